The zero-order chi connectivity index (χ0) is 21.3. The van der Waals surface area contributed by atoms with Crippen molar-refractivity contribution in [1.29, 1.82) is 0 Å². The van der Waals surface area contributed by atoms with Crippen LogP contribution < -0.4 is 17.0 Å². The van der Waals surface area contributed by atoms with E-state index in [0.717, 1.165) is 33.8 Å². The van der Waals surface area contributed by atoms with Gasteiger partial charge in [0.2, 0.25) is 0 Å². The number of Topliss-reactive ketones (excluding diaryl/α,β-unsaturated/α-hetero) is 1. The van der Waals surface area contributed by atoms with Crippen LogP contribution in [0.25, 0.3) is 0 Å². The molecule has 0 aliphatic carbocycles. The summed E-state index contributed by atoms with van der Waals surface area (Å²) in [6.45, 7) is 5.61. The maximum atomic E-state index is 13.0. The third-order valence-corrected chi connectivity index (χ3v) is 5.86. The summed E-state index contributed by atoms with van der Waals surface area (Å²) >= 11 is 5.94. The zero-order valence-electron chi connectivity index (χ0n) is 16.9. The number of nitrogen functional groups attached to an aromatic ring is 1. The van der Waals surface area contributed by atoms with E-state index in [1.165, 1.54) is 19.7 Å². The van der Waals surface area contributed by atoms with Crippen molar-refractivity contribution >= 4 is 23.2 Å². The molecular weight excluding hydrogens is 394 g/mol. The van der Waals surface area contributed by atoms with Crippen LogP contribution in [0, 0.1) is 0 Å². The van der Waals surface area contributed by atoms with E-state index in [4.69, 9.17) is 17.3 Å². The first kappa shape index (κ1) is 21.3. The fraction of sp³-hybridized carbons (Fsp3) is 0.450. The van der Waals surface area contributed by atoms with Gasteiger partial charge in [0, 0.05) is 51.8 Å². The van der Waals surface area contributed by atoms with E-state index < -0.39 is 17.3 Å². The number of ketones is 1. The summed E-state index contributed by atoms with van der Waals surface area (Å²) in [6.07, 6.45) is 0. The lowest BCUT2D eigenvalue weighted by Gasteiger charge is -2.37. The van der Waals surface area contributed by atoms with Crippen molar-refractivity contribution in [3.8, 4) is 0 Å². The van der Waals surface area contributed by atoms with Crippen LogP contribution in [-0.4, -0.2) is 56.9 Å². The minimum Gasteiger partial charge on any atom is -0.384 e. The molecule has 0 bridgehead atoms. The highest BCUT2D eigenvalue weighted by Gasteiger charge is 2.30. The first-order valence-corrected chi connectivity index (χ1v) is 9.89. The number of nitrogens with zero attached hydrogens (tertiary/aromatic N) is 4. The number of anilines is 1. The van der Waals surface area contributed by atoms with Crippen LogP contribution in [0.2, 0.25) is 5.02 Å². The molecular formula is C20H26ClN5O3. The molecule has 1 saturated heterocycles. The highest BCUT2D eigenvalue weighted by atomic mass is 35.5. The first-order valence-electron chi connectivity index (χ1n) is 9.51. The van der Waals surface area contributed by atoms with E-state index in [-0.39, 0.29) is 17.2 Å². The summed E-state index contributed by atoms with van der Waals surface area (Å²) in [5.74, 6) is -0.443. The minimum absolute atomic E-state index is 0.0867. The standard InChI is InChI=1S/C20H26ClN5O3/c1-13(17(27)16-18(22)23(2)20(29)24(3)19(16)28)26-10-8-25(9-11-26)12-14-4-6-15(21)7-5-14/h4-7,13H,8-12,22H2,1-3H3. The largest absolute Gasteiger partial charge is 0.384 e. The fourth-order valence-electron chi connectivity index (χ4n) is 3.62. The van der Waals surface area contributed by atoms with Crippen molar-refractivity contribution in [3.05, 3.63) is 61.3 Å². The lowest BCUT2D eigenvalue weighted by atomic mass is 10.0. The summed E-state index contributed by atoms with van der Waals surface area (Å²) in [4.78, 5) is 41.8. The van der Waals surface area contributed by atoms with Crippen LogP contribution >= 0.6 is 11.6 Å². The molecule has 0 radical (unpaired) electrons. The summed E-state index contributed by atoms with van der Waals surface area (Å²) in [5.41, 5.74) is 5.80. The summed E-state index contributed by atoms with van der Waals surface area (Å²) in [5, 5.41) is 0.717. The van der Waals surface area contributed by atoms with Crippen molar-refractivity contribution in [3.63, 3.8) is 0 Å². The molecule has 9 heteroatoms. The topological polar surface area (TPSA) is 93.6 Å². The van der Waals surface area contributed by atoms with E-state index >= 15 is 0 Å². The van der Waals surface area contributed by atoms with Crippen molar-refractivity contribution < 1.29 is 4.79 Å². The second-order valence-corrected chi connectivity index (χ2v) is 7.88. The Morgan fingerprint density at radius 2 is 1.66 bits per heavy atom. The van der Waals surface area contributed by atoms with E-state index in [1.54, 1.807) is 6.92 Å². The number of carbonyl (C=O) groups excluding carboxylic acids is 1. The van der Waals surface area contributed by atoms with Gasteiger partial charge in [-0.1, -0.05) is 23.7 Å². The second kappa shape index (κ2) is 8.52. The van der Waals surface area contributed by atoms with Gasteiger partial charge in [-0.15, -0.1) is 0 Å². The Bertz CT molecular complexity index is 1020. The van der Waals surface area contributed by atoms with Gasteiger partial charge in [0.25, 0.3) is 5.56 Å². The van der Waals surface area contributed by atoms with E-state index in [1.807, 2.05) is 29.2 Å². The normalized spacial score (nSPS) is 16.7. The maximum Gasteiger partial charge on any atom is 0.332 e. The molecule has 0 saturated carbocycles. The molecule has 156 valence electrons. The number of rotatable bonds is 5. The molecule has 8 nitrogen and oxygen atoms in total. The maximum absolute atomic E-state index is 13.0. The average molecular weight is 420 g/mol. The first-order chi connectivity index (χ1) is 13.7. The molecule has 2 heterocycles. The monoisotopic (exact) mass is 419 g/mol. The summed E-state index contributed by atoms with van der Waals surface area (Å²) < 4.78 is 2.05. The van der Waals surface area contributed by atoms with Gasteiger partial charge in [0.15, 0.2) is 5.78 Å². The van der Waals surface area contributed by atoms with Gasteiger partial charge >= 0.3 is 5.69 Å². The molecule has 1 aliphatic heterocycles. The Morgan fingerprint density at radius 3 is 2.24 bits per heavy atom. The highest BCUT2D eigenvalue weighted by molar-refractivity contribution is 6.30. The van der Waals surface area contributed by atoms with Gasteiger partial charge < -0.3 is 5.73 Å². The lowest BCUT2D eigenvalue weighted by Crippen LogP contribution is -2.52. The number of hydrogen-bond donors (Lipinski definition) is 1. The lowest BCUT2D eigenvalue weighted by molar-refractivity contribution is 0.0685. The number of carbonyl (C=O) groups is 1. The van der Waals surface area contributed by atoms with Crippen LogP contribution in [0.3, 0.4) is 0 Å². The van der Waals surface area contributed by atoms with Gasteiger partial charge in [-0.3, -0.25) is 28.5 Å². The summed E-state index contributed by atoms with van der Waals surface area (Å²) in [6, 6.07) is 7.29. The van der Waals surface area contributed by atoms with Crippen LogP contribution in [0.15, 0.2) is 33.9 Å². The number of hydrogen-bond acceptors (Lipinski definition) is 6. The van der Waals surface area contributed by atoms with Crippen LogP contribution in [0.5, 0.6) is 0 Å². The van der Waals surface area contributed by atoms with Crippen molar-refractivity contribution in [2.75, 3.05) is 31.9 Å². The third-order valence-electron chi connectivity index (χ3n) is 5.61. The predicted octanol–water partition coefficient (Wildman–Crippen LogP) is 0.709. The molecule has 2 aromatic rings. The van der Waals surface area contributed by atoms with E-state index in [2.05, 4.69) is 4.90 Å². The Balaban J connectivity index is 1.69. The van der Waals surface area contributed by atoms with E-state index in [9.17, 15) is 14.4 Å². The van der Waals surface area contributed by atoms with Gasteiger partial charge in [-0.25, -0.2) is 4.79 Å². The molecule has 1 unspecified atom stereocenters. The molecule has 3 rings (SSSR count). The molecule has 0 spiro atoms. The predicted molar refractivity (Wildman–Crippen MR) is 113 cm³/mol. The average Bonchev–Trinajstić information content (AvgIpc) is 2.72. The van der Waals surface area contributed by atoms with Crippen LogP contribution in [-0.2, 0) is 20.6 Å². The molecule has 1 aliphatic rings. The molecule has 1 aromatic carbocycles. The van der Waals surface area contributed by atoms with Gasteiger partial charge in [0.1, 0.15) is 11.4 Å². The fourth-order valence-corrected chi connectivity index (χ4v) is 3.75. The van der Waals surface area contributed by atoms with Gasteiger partial charge in [-0.05, 0) is 24.6 Å². The minimum atomic E-state index is -0.649. The number of benzene rings is 1. The molecule has 0 amide bonds. The smallest absolute Gasteiger partial charge is 0.332 e. The molecule has 1 fully saturated rings. The van der Waals surface area contributed by atoms with Gasteiger partial charge in [0.05, 0.1) is 6.04 Å². The van der Waals surface area contributed by atoms with Gasteiger partial charge in [-0.2, -0.15) is 0 Å². The molecule has 2 N–H and O–H groups in total. The van der Waals surface area contributed by atoms with Crippen molar-refractivity contribution in [2.24, 2.45) is 14.1 Å². The van der Waals surface area contributed by atoms with Crippen LogP contribution in [0.4, 0.5) is 5.82 Å². The zero-order valence-corrected chi connectivity index (χ0v) is 17.6. The highest BCUT2D eigenvalue weighted by Crippen LogP contribution is 2.16. The quantitative estimate of drug-likeness (QED) is 0.717. The molecule has 1 atom stereocenters. The van der Waals surface area contributed by atoms with Crippen molar-refractivity contribution in [1.82, 2.24) is 18.9 Å². The Morgan fingerprint density at radius 1 is 1.07 bits per heavy atom. The molecule has 29 heavy (non-hydrogen) atoms. The molecule has 1 aromatic heterocycles. The number of nitrogens with two attached hydrogens (primary N) is 1. The number of piperazine rings is 1. The van der Waals surface area contributed by atoms with Crippen molar-refractivity contribution in [2.45, 2.75) is 19.5 Å². The Hall–Kier alpha value is -2.42. The second-order valence-electron chi connectivity index (χ2n) is 7.44. The third kappa shape index (κ3) is 4.29. The Labute approximate surface area is 174 Å². The number of halogens is 1. The Kier molecular flexibility index (Phi) is 6.26. The SMILES string of the molecule is CC(C(=O)c1c(N)n(C)c(=O)n(C)c1=O)N1CCN(Cc2ccc(Cl)cc2)CC1. The van der Waals surface area contributed by atoms with E-state index in [0.29, 0.717) is 13.1 Å². The number of aromatic nitrogens is 2. The van der Waals surface area contributed by atoms with Crippen LogP contribution in [0.1, 0.15) is 22.8 Å². The summed E-state index contributed by atoms with van der Waals surface area (Å²) in [7, 11) is 2.80.